The van der Waals surface area contributed by atoms with Crippen molar-refractivity contribution in [2.24, 2.45) is 0 Å². The molecular weight excluding hydrogens is 428 g/mol. The molecule has 2 heterocycles. The van der Waals surface area contributed by atoms with Gasteiger partial charge in [0.05, 0.1) is 23.4 Å². The lowest BCUT2D eigenvalue weighted by atomic mass is 10.2. The van der Waals surface area contributed by atoms with Gasteiger partial charge in [0.1, 0.15) is 6.61 Å². The molecule has 0 bridgehead atoms. The number of nitro groups is 1. The molecule has 1 fully saturated rings. The molecule has 2 aromatic rings. The molecule has 9 nitrogen and oxygen atoms in total. The molecule has 0 unspecified atom stereocenters. The van der Waals surface area contributed by atoms with Crippen LogP contribution in [-0.2, 0) is 22.3 Å². The van der Waals surface area contributed by atoms with Gasteiger partial charge >= 0.3 is 6.09 Å². The Hall–Kier alpha value is -2.72. The summed E-state index contributed by atoms with van der Waals surface area (Å²) in [5.41, 5.74) is 0.703. The number of hydrogen-bond donors (Lipinski definition) is 0. The predicted molar refractivity (Wildman–Crippen MR) is 123 cm³/mol. The van der Waals surface area contributed by atoms with Gasteiger partial charge in [-0.15, -0.1) is 0 Å². The molecule has 1 saturated heterocycles. The van der Waals surface area contributed by atoms with Gasteiger partial charge in [0.25, 0.3) is 5.69 Å². The second-order valence-electron chi connectivity index (χ2n) is 9.78. The van der Waals surface area contributed by atoms with Crippen LogP contribution in [-0.4, -0.2) is 52.5 Å². The Kier molecular flexibility index (Phi) is 7.04. The van der Waals surface area contributed by atoms with E-state index in [0.717, 1.165) is 6.42 Å². The van der Waals surface area contributed by atoms with Crippen LogP contribution in [0.5, 0.6) is 0 Å². The Labute approximate surface area is 189 Å². The number of nitro benzene ring substituents is 1. The highest BCUT2D eigenvalue weighted by Crippen LogP contribution is 2.39. The molecule has 0 radical (unpaired) electrons. The molecule has 0 saturated carbocycles. The molecule has 0 aliphatic carbocycles. The van der Waals surface area contributed by atoms with Gasteiger partial charge in [-0.2, -0.15) is 0 Å². The SMILES string of the molecule is CC(C)(C)[Si](C)(C)O[C@@H]1C[C@@H](Cn2ccnc2)N(C(=O)OCc2ccc([N+](=O)[O-])cc2)C1. The third kappa shape index (κ3) is 5.74. The van der Waals surface area contributed by atoms with E-state index in [1.807, 2.05) is 10.8 Å². The number of rotatable bonds is 7. The average molecular weight is 461 g/mol. The highest BCUT2D eigenvalue weighted by Gasteiger charge is 2.44. The van der Waals surface area contributed by atoms with E-state index in [2.05, 4.69) is 38.8 Å². The summed E-state index contributed by atoms with van der Waals surface area (Å²) in [5.74, 6) is 0. The maximum atomic E-state index is 13.0. The van der Waals surface area contributed by atoms with Crippen LogP contribution in [0.4, 0.5) is 10.5 Å². The Balaban J connectivity index is 1.67. The highest BCUT2D eigenvalue weighted by molar-refractivity contribution is 6.74. The van der Waals surface area contributed by atoms with Crippen molar-refractivity contribution >= 4 is 20.1 Å². The summed E-state index contributed by atoms with van der Waals surface area (Å²) in [6.07, 6.45) is 5.61. The molecule has 0 spiro atoms. The van der Waals surface area contributed by atoms with Crippen molar-refractivity contribution in [1.29, 1.82) is 0 Å². The molecule has 2 atom stereocenters. The number of imidazole rings is 1. The van der Waals surface area contributed by atoms with E-state index >= 15 is 0 Å². The van der Waals surface area contributed by atoms with E-state index in [1.54, 1.807) is 29.6 Å². The number of aromatic nitrogens is 2. The quantitative estimate of drug-likeness (QED) is 0.340. The summed E-state index contributed by atoms with van der Waals surface area (Å²) in [6, 6.07) is 5.94. The molecule has 0 N–H and O–H groups in total. The first-order chi connectivity index (χ1) is 15.0. The normalized spacial score (nSPS) is 19.2. The molecule has 3 rings (SSSR count). The first-order valence-electron chi connectivity index (χ1n) is 10.8. The lowest BCUT2D eigenvalue weighted by Gasteiger charge is -2.38. The van der Waals surface area contributed by atoms with Crippen molar-refractivity contribution in [2.45, 2.75) is 70.6 Å². The van der Waals surface area contributed by atoms with Gasteiger partial charge in [0, 0.05) is 37.6 Å². The molecule has 1 aromatic carbocycles. The number of ether oxygens (including phenoxy) is 1. The van der Waals surface area contributed by atoms with E-state index in [0.29, 0.717) is 18.7 Å². The van der Waals surface area contributed by atoms with Crippen LogP contribution in [0.3, 0.4) is 0 Å². The predicted octanol–water partition coefficient (Wildman–Crippen LogP) is 4.59. The molecule has 1 amide bonds. The highest BCUT2D eigenvalue weighted by atomic mass is 28.4. The van der Waals surface area contributed by atoms with E-state index < -0.39 is 19.3 Å². The van der Waals surface area contributed by atoms with Crippen LogP contribution >= 0.6 is 0 Å². The Morgan fingerprint density at radius 1 is 1.28 bits per heavy atom. The molecule has 10 heteroatoms. The minimum absolute atomic E-state index is 0.00522. The molecule has 32 heavy (non-hydrogen) atoms. The number of nitrogens with zero attached hydrogens (tertiary/aromatic N) is 4. The van der Waals surface area contributed by atoms with Crippen molar-refractivity contribution in [3.05, 3.63) is 58.7 Å². The zero-order chi connectivity index (χ0) is 23.5. The van der Waals surface area contributed by atoms with Gasteiger partial charge in [-0.25, -0.2) is 9.78 Å². The average Bonchev–Trinajstić information content (AvgIpc) is 3.35. The fourth-order valence-electron chi connectivity index (χ4n) is 3.53. The lowest BCUT2D eigenvalue weighted by molar-refractivity contribution is -0.384. The molecule has 1 aromatic heterocycles. The fraction of sp³-hybridized carbons (Fsp3) is 0.545. The maximum Gasteiger partial charge on any atom is 0.410 e. The van der Waals surface area contributed by atoms with Crippen molar-refractivity contribution in [3.8, 4) is 0 Å². The summed E-state index contributed by atoms with van der Waals surface area (Å²) in [7, 11) is -1.98. The Bertz CT molecular complexity index is 925. The largest absolute Gasteiger partial charge is 0.445 e. The van der Waals surface area contributed by atoms with Crippen LogP contribution in [0, 0.1) is 10.1 Å². The second kappa shape index (κ2) is 9.41. The van der Waals surface area contributed by atoms with Crippen molar-refractivity contribution in [1.82, 2.24) is 14.5 Å². The number of non-ortho nitro benzene ring substituents is 1. The monoisotopic (exact) mass is 460 g/mol. The number of carbonyl (C=O) groups is 1. The van der Waals surface area contributed by atoms with E-state index in [9.17, 15) is 14.9 Å². The molecule has 1 aliphatic rings. The van der Waals surface area contributed by atoms with Gasteiger partial charge in [-0.05, 0) is 42.2 Å². The number of carbonyl (C=O) groups excluding carboxylic acids is 1. The van der Waals surface area contributed by atoms with Gasteiger partial charge in [0.2, 0.25) is 0 Å². The first-order valence-corrected chi connectivity index (χ1v) is 13.7. The third-order valence-electron chi connectivity index (χ3n) is 6.37. The van der Waals surface area contributed by atoms with Crippen LogP contribution in [0.15, 0.2) is 43.0 Å². The first kappa shape index (κ1) is 23.9. The molecule has 174 valence electrons. The van der Waals surface area contributed by atoms with Crippen LogP contribution in [0.1, 0.15) is 32.8 Å². The lowest BCUT2D eigenvalue weighted by Crippen LogP contribution is -2.44. The minimum atomic E-state index is -1.98. The second-order valence-corrected chi connectivity index (χ2v) is 14.5. The van der Waals surface area contributed by atoms with Gasteiger partial charge < -0.3 is 18.6 Å². The molecule has 1 aliphatic heterocycles. The van der Waals surface area contributed by atoms with E-state index in [4.69, 9.17) is 9.16 Å². The Morgan fingerprint density at radius 2 is 1.97 bits per heavy atom. The van der Waals surface area contributed by atoms with Crippen molar-refractivity contribution in [3.63, 3.8) is 0 Å². The van der Waals surface area contributed by atoms with Gasteiger partial charge in [-0.3, -0.25) is 10.1 Å². The molecular formula is C22H32N4O5Si. The van der Waals surface area contributed by atoms with Crippen LogP contribution < -0.4 is 0 Å². The Morgan fingerprint density at radius 3 is 2.53 bits per heavy atom. The summed E-state index contributed by atoms with van der Waals surface area (Å²) in [6.45, 7) is 12.2. The summed E-state index contributed by atoms with van der Waals surface area (Å²) >= 11 is 0. The van der Waals surface area contributed by atoms with E-state index in [-0.39, 0.29) is 29.5 Å². The zero-order valence-corrected chi connectivity index (χ0v) is 20.4. The summed E-state index contributed by atoms with van der Waals surface area (Å²) < 4.78 is 14.1. The van der Waals surface area contributed by atoms with Crippen molar-refractivity contribution in [2.75, 3.05) is 6.54 Å². The third-order valence-corrected chi connectivity index (χ3v) is 10.9. The van der Waals surface area contributed by atoms with E-state index in [1.165, 1.54) is 12.1 Å². The number of benzene rings is 1. The summed E-state index contributed by atoms with van der Waals surface area (Å²) in [5, 5.41) is 10.9. The smallest absolute Gasteiger partial charge is 0.410 e. The zero-order valence-electron chi connectivity index (χ0n) is 19.4. The number of likely N-dealkylation sites (tertiary alicyclic amines) is 1. The standard InChI is InChI=1S/C22H32N4O5Si/c1-22(2,3)32(4,5)31-20-12-19(13-24-11-10-23-16-24)25(14-20)21(27)30-15-17-6-8-18(9-7-17)26(28)29/h6-11,16,19-20H,12-15H2,1-5H3/t19-,20+/m0/s1. The van der Waals surface area contributed by atoms with Crippen LogP contribution in [0.2, 0.25) is 18.1 Å². The summed E-state index contributed by atoms with van der Waals surface area (Å²) in [4.78, 5) is 29.2. The fourth-order valence-corrected chi connectivity index (χ4v) is 4.89. The maximum absolute atomic E-state index is 13.0. The van der Waals surface area contributed by atoms with Crippen molar-refractivity contribution < 1.29 is 18.9 Å². The van der Waals surface area contributed by atoms with Gasteiger partial charge in [0.15, 0.2) is 8.32 Å². The number of amides is 1. The topological polar surface area (TPSA) is 99.7 Å². The minimum Gasteiger partial charge on any atom is -0.445 e. The number of hydrogen-bond acceptors (Lipinski definition) is 6. The van der Waals surface area contributed by atoms with Gasteiger partial charge in [-0.1, -0.05) is 20.8 Å². The van der Waals surface area contributed by atoms with Crippen LogP contribution in [0.25, 0.3) is 0 Å².